The largest absolute Gasteiger partial charge is 0.236 e. The molecule has 78 valence electrons. The second-order valence-corrected chi connectivity index (χ2v) is 4.53. The Hall–Kier alpha value is -1.08. The molecule has 1 nitrogen and oxygen atoms in total. The minimum atomic E-state index is 0.472. The van der Waals surface area contributed by atoms with Gasteiger partial charge in [-0.25, -0.2) is 4.98 Å². The SMILES string of the molecule is Cc1cc2cccc(C(C)C)c2nc1Cl. The molecule has 0 spiro atoms. The molecule has 0 aliphatic heterocycles. The van der Waals surface area contributed by atoms with Crippen molar-refractivity contribution in [3.05, 3.63) is 40.5 Å². The molecule has 0 aliphatic carbocycles. The van der Waals surface area contributed by atoms with E-state index >= 15 is 0 Å². The molecule has 0 unspecified atom stereocenters. The summed E-state index contributed by atoms with van der Waals surface area (Å²) in [5.41, 5.74) is 3.32. The molecule has 0 aliphatic rings. The quantitative estimate of drug-likeness (QED) is 0.651. The van der Waals surface area contributed by atoms with Gasteiger partial charge in [0, 0.05) is 5.39 Å². The van der Waals surface area contributed by atoms with E-state index in [4.69, 9.17) is 11.6 Å². The molecule has 1 heterocycles. The topological polar surface area (TPSA) is 12.9 Å². The van der Waals surface area contributed by atoms with Crippen molar-refractivity contribution in [1.82, 2.24) is 4.98 Å². The highest BCUT2D eigenvalue weighted by atomic mass is 35.5. The number of fused-ring (bicyclic) bond motifs is 1. The molecule has 0 fully saturated rings. The first-order valence-electron chi connectivity index (χ1n) is 5.15. The number of rotatable bonds is 1. The summed E-state index contributed by atoms with van der Waals surface area (Å²) in [5, 5.41) is 1.78. The maximum Gasteiger partial charge on any atom is 0.132 e. The van der Waals surface area contributed by atoms with Crippen LogP contribution in [-0.4, -0.2) is 4.98 Å². The summed E-state index contributed by atoms with van der Waals surface area (Å²) in [7, 11) is 0. The zero-order valence-corrected chi connectivity index (χ0v) is 9.97. The summed E-state index contributed by atoms with van der Waals surface area (Å²) in [4.78, 5) is 4.46. The van der Waals surface area contributed by atoms with E-state index in [-0.39, 0.29) is 0 Å². The number of hydrogen-bond donors (Lipinski definition) is 0. The molecule has 2 heteroatoms. The van der Waals surface area contributed by atoms with Crippen molar-refractivity contribution in [3.8, 4) is 0 Å². The zero-order chi connectivity index (χ0) is 11.0. The summed E-state index contributed by atoms with van der Waals surface area (Å²) in [5.74, 6) is 0.472. The molecule has 0 saturated carbocycles. The Morgan fingerprint density at radius 1 is 1.27 bits per heavy atom. The van der Waals surface area contributed by atoms with E-state index in [0.29, 0.717) is 11.1 Å². The maximum absolute atomic E-state index is 6.05. The van der Waals surface area contributed by atoms with Gasteiger partial charge in [0.1, 0.15) is 5.15 Å². The van der Waals surface area contributed by atoms with Crippen LogP contribution in [0, 0.1) is 6.92 Å². The van der Waals surface area contributed by atoms with Crippen molar-refractivity contribution in [2.75, 3.05) is 0 Å². The highest BCUT2D eigenvalue weighted by Gasteiger charge is 2.08. The number of pyridine rings is 1. The normalized spacial score (nSPS) is 11.3. The van der Waals surface area contributed by atoms with Gasteiger partial charge in [0.25, 0.3) is 0 Å². The lowest BCUT2D eigenvalue weighted by Gasteiger charge is -2.10. The lowest BCUT2D eigenvalue weighted by molar-refractivity contribution is 0.872. The first-order chi connectivity index (χ1) is 7.09. The summed E-state index contributed by atoms with van der Waals surface area (Å²) in [6.45, 7) is 6.32. The summed E-state index contributed by atoms with van der Waals surface area (Å²) in [6.07, 6.45) is 0. The molecule has 1 aromatic carbocycles. The van der Waals surface area contributed by atoms with Gasteiger partial charge in [-0.05, 0) is 30.0 Å². The molecule has 2 rings (SSSR count). The first kappa shape index (κ1) is 10.4. The Morgan fingerprint density at radius 2 is 2.00 bits per heavy atom. The fourth-order valence-electron chi connectivity index (χ4n) is 1.77. The van der Waals surface area contributed by atoms with E-state index in [0.717, 1.165) is 11.1 Å². The molecule has 0 N–H and O–H groups in total. The fourth-order valence-corrected chi connectivity index (χ4v) is 1.91. The molecule has 0 saturated heterocycles. The second kappa shape index (κ2) is 3.82. The molecule has 2 aromatic rings. The van der Waals surface area contributed by atoms with Gasteiger partial charge in [-0.1, -0.05) is 43.6 Å². The number of aryl methyl sites for hydroxylation is 1. The number of hydrogen-bond acceptors (Lipinski definition) is 1. The smallest absolute Gasteiger partial charge is 0.132 e. The Bertz CT molecular complexity index is 503. The summed E-state index contributed by atoms with van der Waals surface area (Å²) >= 11 is 6.05. The number of benzene rings is 1. The van der Waals surface area contributed by atoms with Crippen LogP contribution in [0.5, 0.6) is 0 Å². The minimum Gasteiger partial charge on any atom is -0.236 e. The van der Waals surface area contributed by atoms with Crippen molar-refractivity contribution in [2.45, 2.75) is 26.7 Å². The van der Waals surface area contributed by atoms with Gasteiger partial charge in [0.15, 0.2) is 0 Å². The van der Waals surface area contributed by atoms with E-state index in [1.165, 1.54) is 10.9 Å². The standard InChI is InChI=1S/C13H14ClN/c1-8(2)11-6-4-5-10-7-9(3)13(14)15-12(10)11/h4-8H,1-3H3. The van der Waals surface area contributed by atoms with Gasteiger partial charge < -0.3 is 0 Å². The third kappa shape index (κ3) is 1.84. The number of nitrogens with zero attached hydrogens (tertiary/aromatic N) is 1. The first-order valence-corrected chi connectivity index (χ1v) is 5.53. The highest BCUT2D eigenvalue weighted by Crippen LogP contribution is 2.26. The van der Waals surface area contributed by atoms with Gasteiger partial charge in [0.2, 0.25) is 0 Å². The molecule has 0 amide bonds. The van der Waals surface area contributed by atoms with Crippen molar-refractivity contribution >= 4 is 22.5 Å². The van der Waals surface area contributed by atoms with Gasteiger partial charge in [0.05, 0.1) is 5.52 Å². The molecular formula is C13H14ClN. The third-order valence-electron chi connectivity index (χ3n) is 2.63. The van der Waals surface area contributed by atoms with Gasteiger partial charge in [-0.2, -0.15) is 0 Å². The minimum absolute atomic E-state index is 0.472. The van der Waals surface area contributed by atoms with Gasteiger partial charge >= 0.3 is 0 Å². The average molecular weight is 220 g/mol. The molecule has 0 atom stereocenters. The average Bonchev–Trinajstić information content (AvgIpc) is 2.18. The van der Waals surface area contributed by atoms with E-state index in [9.17, 15) is 0 Å². The zero-order valence-electron chi connectivity index (χ0n) is 9.21. The Balaban J connectivity index is 2.80. The Kier molecular flexibility index (Phi) is 2.66. The van der Waals surface area contributed by atoms with Crippen LogP contribution in [0.1, 0.15) is 30.9 Å². The second-order valence-electron chi connectivity index (χ2n) is 4.17. The number of para-hydroxylation sites is 1. The predicted molar refractivity (Wildman–Crippen MR) is 65.6 cm³/mol. The lowest BCUT2D eigenvalue weighted by Crippen LogP contribution is -1.93. The third-order valence-corrected chi connectivity index (χ3v) is 3.01. The van der Waals surface area contributed by atoms with Crippen molar-refractivity contribution < 1.29 is 0 Å². The molecular weight excluding hydrogens is 206 g/mol. The van der Waals surface area contributed by atoms with Crippen molar-refractivity contribution in [2.24, 2.45) is 0 Å². The van der Waals surface area contributed by atoms with E-state index < -0.39 is 0 Å². The maximum atomic E-state index is 6.05. The fraction of sp³-hybridized carbons (Fsp3) is 0.308. The van der Waals surface area contributed by atoms with E-state index in [1.54, 1.807) is 0 Å². The van der Waals surface area contributed by atoms with Gasteiger partial charge in [-0.3, -0.25) is 0 Å². The van der Waals surface area contributed by atoms with Crippen LogP contribution in [0.3, 0.4) is 0 Å². The van der Waals surface area contributed by atoms with Gasteiger partial charge in [-0.15, -0.1) is 0 Å². The van der Waals surface area contributed by atoms with Crippen LogP contribution < -0.4 is 0 Å². The molecule has 1 aromatic heterocycles. The number of halogens is 1. The van der Waals surface area contributed by atoms with Crippen molar-refractivity contribution in [1.29, 1.82) is 0 Å². The van der Waals surface area contributed by atoms with Crippen LogP contribution >= 0.6 is 11.6 Å². The van der Waals surface area contributed by atoms with Crippen LogP contribution in [0.4, 0.5) is 0 Å². The van der Waals surface area contributed by atoms with Crippen LogP contribution in [-0.2, 0) is 0 Å². The van der Waals surface area contributed by atoms with Crippen molar-refractivity contribution in [3.63, 3.8) is 0 Å². The Labute approximate surface area is 95.1 Å². The van der Waals surface area contributed by atoms with E-state index in [1.807, 2.05) is 6.92 Å². The Morgan fingerprint density at radius 3 is 2.67 bits per heavy atom. The molecule has 0 radical (unpaired) electrons. The van der Waals surface area contributed by atoms with Crippen LogP contribution in [0.25, 0.3) is 10.9 Å². The highest BCUT2D eigenvalue weighted by molar-refractivity contribution is 6.30. The molecule has 0 bridgehead atoms. The lowest BCUT2D eigenvalue weighted by atomic mass is 9.99. The summed E-state index contributed by atoms with van der Waals surface area (Å²) < 4.78 is 0. The van der Waals surface area contributed by atoms with E-state index in [2.05, 4.69) is 43.1 Å². The van der Waals surface area contributed by atoms with Crippen LogP contribution in [0.15, 0.2) is 24.3 Å². The number of aromatic nitrogens is 1. The molecule has 15 heavy (non-hydrogen) atoms. The predicted octanol–water partition coefficient (Wildman–Crippen LogP) is 4.32. The monoisotopic (exact) mass is 219 g/mol. The summed E-state index contributed by atoms with van der Waals surface area (Å²) in [6, 6.07) is 8.37. The van der Waals surface area contributed by atoms with Crippen LogP contribution in [0.2, 0.25) is 5.15 Å².